The number of rotatable bonds is 8. The lowest BCUT2D eigenvalue weighted by Gasteiger charge is -2.45. The number of carbonyl (C=O) groups excluding carboxylic acids is 4. The molecule has 12 nitrogen and oxygen atoms in total. The molecular formula is C16H26N2O10. The number of aliphatic hydroxyl groups is 1. The molecule has 0 spiro atoms. The van der Waals surface area contributed by atoms with Gasteiger partial charge in [0.25, 0.3) is 0 Å². The number of amides is 1. The summed E-state index contributed by atoms with van der Waals surface area (Å²) in [5.41, 5.74) is 0. The van der Waals surface area contributed by atoms with Crippen LogP contribution < -0.4 is 10.6 Å². The maximum Gasteiger partial charge on any atom is 0.303 e. The number of nitrogens with one attached hydrogen (secondary N) is 2. The van der Waals surface area contributed by atoms with Crippen LogP contribution >= 0.6 is 0 Å². The van der Waals surface area contributed by atoms with E-state index < -0.39 is 60.9 Å². The Morgan fingerprint density at radius 2 is 1.57 bits per heavy atom. The number of carbonyl (C=O) groups is 4. The first kappa shape index (κ1) is 23.8. The molecule has 1 fully saturated rings. The molecule has 0 bridgehead atoms. The Bertz CT molecular complexity index is 584. The summed E-state index contributed by atoms with van der Waals surface area (Å²) in [6.07, 6.45) is -6.38. The first-order valence-corrected chi connectivity index (χ1v) is 8.46. The zero-order chi connectivity index (χ0) is 21.4. The highest BCUT2D eigenvalue weighted by atomic mass is 16.8. The second-order valence-electron chi connectivity index (χ2n) is 6.00. The molecule has 12 heteroatoms. The number of ether oxygens (including phenoxy) is 5. The molecule has 1 rings (SSSR count). The lowest BCUT2D eigenvalue weighted by molar-refractivity contribution is -0.313. The predicted octanol–water partition coefficient (Wildman–Crippen LogP) is -1.85. The van der Waals surface area contributed by atoms with Crippen LogP contribution in [0.3, 0.4) is 0 Å². The molecule has 0 aromatic carbocycles. The van der Waals surface area contributed by atoms with Gasteiger partial charge in [-0.3, -0.25) is 24.5 Å². The second-order valence-corrected chi connectivity index (χ2v) is 6.00. The van der Waals surface area contributed by atoms with E-state index in [9.17, 15) is 24.3 Å². The molecule has 0 aromatic rings. The van der Waals surface area contributed by atoms with Crippen molar-refractivity contribution in [3.63, 3.8) is 0 Å². The molecular weight excluding hydrogens is 380 g/mol. The van der Waals surface area contributed by atoms with E-state index in [-0.39, 0.29) is 6.61 Å². The number of hydrogen-bond donors (Lipinski definition) is 3. The SMILES string of the molecule is CNC(O)OC1OC(COC(C)=O)C(OC(C)=O)C(OC(C)=O)C1NC(C)=O. The van der Waals surface area contributed by atoms with Crippen molar-refractivity contribution in [3.8, 4) is 0 Å². The van der Waals surface area contributed by atoms with Crippen molar-refractivity contribution in [2.75, 3.05) is 13.7 Å². The Kier molecular flexibility index (Phi) is 9.25. The van der Waals surface area contributed by atoms with E-state index >= 15 is 0 Å². The number of aliphatic hydroxyl groups excluding tert-OH is 1. The average Bonchev–Trinajstić information content (AvgIpc) is 2.57. The van der Waals surface area contributed by atoms with Gasteiger partial charge in [0.05, 0.1) is 0 Å². The van der Waals surface area contributed by atoms with Crippen LogP contribution in [0.1, 0.15) is 27.7 Å². The third kappa shape index (κ3) is 7.38. The van der Waals surface area contributed by atoms with E-state index in [1.54, 1.807) is 0 Å². The van der Waals surface area contributed by atoms with Gasteiger partial charge in [-0.25, -0.2) is 0 Å². The topological polar surface area (TPSA) is 159 Å². The van der Waals surface area contributed by atoms with Gasteiger partial charge in [0.2, 0.25) is 12.3 Å². The van der Waals surface area contributed by atoms with Crippen molar-refractivity contribution in [3.05, 3.63) is 0 Å². The van der Waals surface area contributed by atoms with Crippen LogP contribution in [0.5, 0.6) is 0 Å². The molecule has 1 aliphatic rings. The van der Waals surface area contributed by atoms with Crippen molar-refractivity contribution in [2.45, 2.75) is 64.8 Å². The molecule has 6 unspecified atom stereocenters. The molecule has 0 saturated carbocycles. The molecule has 1 aliphatic heterocycles. The molecule has 6 atom stereocenters. The van der Waals surface area contributed by atoms with Gasteiger partial charge in [0.15, 0.2) is 18.5 Å². The predicted molar refractivity (Wildman–Crippen MR) is 90.2 cm³/mol. The minimum atomic E-state index is -1.49. The molecule has 160 valence electrons. The summed E-state index contributed by atoms with van der Waals surface area (Å²) in [5, 5.41) is 14.7. The van der Waals surface area contributed by atoms with Gasteiger partial charge >= 0.3 is 17.9 Å². The fourth-order valence-electron chi connectivity index (χ4n) is 2.60. The average molecular weight is 406 g/mol. The highest BCUT2D eigenvalue weighted by molar-refractivity contribution is 5.73. The Morgan fingerprint density at radius 1 is 1.00 bits per heavy atom. The molecule has 3 N–H and O–H groups in total. The van der Waals surface area contributed by atoms with Crippen LogP contribution in [0.25, 0.3) is 0 Å². The minimum absolute atomic E-state index is 0.354. The zero-order valence-corrected chi connectivity index (χ0v) is 16.3. The van der Waals surface area contributed by atoms with Crippen molar-refractivity contribution in [1.29, 1.82) is 0 Å². The van der Waals surface area contributed by atoms with E-state index in [2.05, 4.69) is 10.6 Å². The molecule has 1 heterocycles. The Labute approximate surface area is 161 Å². The van der Waals surface area contributed by atoms with Crippen LogP contribution in [0.15, 0.2) is 0 Å². The zero-order valence-electron chi connectivity index (χ0n) is 16.3. The van der Waals surface area contributed by atoms with Crippen LogP contribution in [-0.2, 0) is 42.9 Å². The lowest BCUT2D eigenvalue weighted by atomic mass is 9.96. The van der Waals surface area contributed by atoms with Gasteiger partial charge in [0, 0.05) is 27.7 Å². The summed E-state index contributed by atoms with van der Waals surface area (Å²) in [4.78, 5) is 46.0. The third-order valence-corrected chi connectivity index (χ3v) is 3.58. The second kappa shape index (κ2) is 10.9. The minimum Gasteiger partial charge on any atom is -0.463 e. The normalized spacial score (nSPS) is 28.0. The summed E-state index contributed by atoms with van der Waals surface area (Å²) in [7, 11) is 1.41. The monoisotopic (exact) mass is 406 g/mol. The van der Waals surface area contributed by atoms with Gasteiger partial charge in [-0.2, -0.15) is 0 Å². The van der Waals surface area contributed by atoms with Crippen LogP contribution in [0.4, 0.5) is 0 Å². The Balaban J connectivity index is 3.28. The summed E-state index contributed by atoms with van der Waals surface area (Å²) in [6.45, 7) is 4.29. The summed E-state index contributed by atoms with van der Waals surface area (Å²) in [5.74, 6) is -2.57. The van der Waals surface area contributed by atoms with Gasteiger partial charge in [0.1, 0.15) is 18.8 Å². The Morgan fingerprint density at radius 3 is 2.04 bits per heavy atom. The molecule has 0 aromatic heterocycles. The lowest BCUT2D eigenvalue weighted by Crippen LogP contribution is -2.67. The molecule has 0 aliphatic carbocycles. The number of hydrogen-bond acceptors (Lipinski definition) is 11. The third-order valence-electron chi connectivity index (χ3n) is 3.58. The van der Waals surface area contributed by atoms with E-state index in [0.29, 0.717) is 0 Å². The van der Waals surface area contributed by atoms with E-state index in [1.165, 1.54) is 20.9 Å². The van der Waals surface area contributed by atoms with E-state index in [0.717, 1.165) is 13.8 Å². The smallest absolute Gasteiger partial charge is 0.303 e. The standard InChI is InChI=1S/C16H26N2O10/c1-7(19)18-12-14(26-10(4)22)13(25-9(3)21)11(6-24-8(2)20)27-15(12)28-16(23)17-5/h11-17,23H,6H2,1-5H3,(H,18,19). The molecule has 28 heavy (non-hydrogen) atoms. The van der Waals surface area contributed by atoms with Gasteiger partial charge in [-0.15, -0.1) is 0 Å². The van der Waals surface area contributed by atoms with Crippen LogP contribution in [0.2, 0.25) is 0 Å². The first-order chi connectivity index (χ1) is 13.0. The maximum absolute atomic E-state index is 11.7. The highest BCUT2D eigenvalue weighted by Crippen LogP contribution is 2.28. The van der Waals surface area contributed by atoms with Crippen molar-refractivity contribution >= 4 is 23.8 Å². The van der Waals surface area contributed by atoms with Crippen molar-refractivity contribution in [1.82, 2.24) is 10.6 Å². The fourth-order valence-corrected chi connectivity index (χ4v) is 2.60. The van der Waals surface area contributed by atoms with Gasteiger partial charge in [-0.1, -0.05) is 0 Å². The summed E-state index contributed by atoms with van der Waals surface area (Å²) < 4.78 is 26.4. The number of esters is 3. The van der Waals surface area contributed by atoms with Gasteiger partial charge < -0.3 is 34.1 Å². The van der Waals surface area contributed by atoms with Crippen LogP contribution in [-0.4, -0.2) is 79.6 Å². The van der Waals surface area contributed by atoms with Crippen LogP contribution in [0, 0.1) is 0 Å². The molecule has 0 radical (unpaired) electrons. The highest BCUT2D eigenvalue weighted by Gasteiger charge is 2.51. The van der Waals surface area contributed by atoms with Crippen molar-refractivity contribution < 1.29 is 48.0 Å². The summed E-state index contributed by atoms with van der Waals surface area (Å²) in [6, 6.07) is -1.14. The van der Waals surface area contributed by atoms with Crippen molar-refractivity contribution in [2.24, 2.45) is 0 Å². The molecule has 1 saturated heterocycles. The van der Waals surface area contributed by atoms with Gasteiger partial charge in [-0.05, 0) is 7.05 Å². The quantitative estimate of drug-likeness (QED) is 0.236. The first-order valence-electron chi connectivity index (χ1n) is 8.46. The molecule has 1 amide bonds. The van der Waals surface area contributed by atoms with E-state index in [4.69, 9.17) is 23.7 Å². The largest absolute Gasteiger partial charge is 0.463 e. The van der Waals surface area contributed by atoms with E-state index in [1.807, 2.05) is 0 Å². The summed E-state index contributed by atoms with van der Waals surface area (Å²) >= 11 is 0. The Hall–Kier alpha value is -2.28. The fraction of sp³-hybridized carbons (Fsp3) is 0.750. The maximum atomic E-state index is 11.7.